The molecular weight excluding hydrogens is 512 g/mol. The fourth-order valence-corrected chi connectivity index (χ4v) is 3.79. The molecule has 162 valence electrons. The molecule has 0 atom stereocenters. The van der Waals surface area contributed by atoms with Crippen LogP contribution in [0.15, 0.2) is 61.2 Å². The van der Waals surface area contributed by atoms with E-state index in [0.29, 0.717) is 13.2 Å². The quantitative estimate of drug-likeness (QED) is 0.204. The van der Waals surface area contributed by atoms with Crippen LogP contribution in [0.5, 0.6) is 0 Å². The van der Waals surface area contributed by atoms with E-state index in [1.165, 1.54) is 22.1 Å². The molecule has 2 aromatic heterocycles. The van der Waals surface area contributed by atoms with Crippen molar-refractivity contribution in [2.24, 2.45) is 0 Å². The molecule has 0 bridgehead atoms. The van der Waals surface area contributed by atoms with Crippen LogP contribution < -0.4 is 43.1 Å². The Balaban J connectivity index is 0.00000160. The SMILES string of the molecule is COCC[n+]1cn(CCn2c[n+](CCOC)c3ccccc32)c2ccccc21.[Br-].[Br-]. The molecule has 4 aromatic rings. The number of aromatic nitrogens is 4. The molecule has 0 fully saturated rings. The van der Waals surface area contributed by atoms with Crippen LogP contribution in [0.1, 0.15) is 0 Å². The van der Waals surface area contributed by atoms with E-state index < -0.39 is 0 Å². The molecule has 0 amide bonds. The number of aryl methyl sites for hydroxylation is 2. The van der Waals surface area contributed by atoms with Crippen molar-refractivity contribution >= 4 is 22.1 Å². The Hall–Kier alpha value is -1.74. The first-order valence-electron chi connectivity index (χ1n) is 9.74. The van der Waals surface area contributed by atoms with Gasteiger partial charge in [-0.1, -0.05) is 24.3 Å². The number of nitrogens with zero attached hydrogens (tertiary/aromatic N) is 4. The Labute approximate surface area is 198 Å². The van der Waals surface area contributed by atoms with Crippen molar-refractivity contribution in [3.05, 3.63) is 61.2 Å². The Bertz CT molecular complexity index is 992. The summed E-state index contributed by atoms with van der Waals surface area (Å²) in [6.07, 6.45) is 4.41. The molecule has 0 aliphatic carbocycles. The largest absolute Gasteiger partial charge is 1.00 e. The van der Waals surface area contributed by atoms with E-state index in [4.69, 9.17) is 9.47 Å². The van der Waals surface area contributed by atoms with E-state index in [2.05, 4.69) is 79.5 Å². The molecular formula is C22H28Br2N4O2. The molecule has 0 aliphatic rings. The molecule has 4 rings (SSSR count). The highest BCUT2D eigenvalue weighted by molar-refractivity contribution is 5.72. The van der Waals surface area contributed by atoms with E-state index in [-0.39, 0.29) is 34.0 Å². The summed E-state index contributed by atoms with van der Waals surface area (Å²) < 4.78 is 19.7. The standard InChI is InChI=1S/C22H28N4O2.2BrH/c1-27-15-13-25-17-23(19-7-3-5-9-21(19)25)11-12-24-18-26(14-16-28-2)22-10-6-4-8-20(22)24;;/h3-10,17-18H,11-16H2,1-2H3;2*1H/q+2;;/p-2. The lowest BCUT2D eigenvalue weighted by molar-refractivity contribution is -0.674. The topological polar surface area (TPSA) is 36.1 Å². The first-order chi connectivity index (χ1) is 13.8. The van der Waals surface area contributed by atoms with Crippen molar-refractivity contribution in [2.75, 3.05) is 27.4 Å². The molecule has 30 heavy (non-hydrogen) atoms. The van der Waals surface area contributed by atoms with E-state index in [0.717, 1.165) is 26.2 Å². The second-order valence-corrected chi connectivity index (χ2v) is 6.97. The van der Waals surface area contributed by atoms with Gasteiger partial charge >= 0.3 is 0 Å². The van der Waals surface area contributed by atoms with Gasteiger partial charge in [0.2, 0.25) is 12.7 Å². The van der Waals surface area contributed by atoms with Crippen LogP contribution in [0.2, 0.25) is 0 Å². The highest BCUT2D eigenvalue weighted by Crippen LogP contribution is 2.14. The fourth-order valence-electron chi connectivity index (χ4n) is 3.79. The van der Waals surface area contributed by atoms with Gasteiger partial charge in [0.15, 0.2) is 22.1 Å². The number of benzene rings is 2. The van der Waals surface area contributed by atoms with Gasteiger partial charge in [-0.25, -0.2) is 18.3 Å². The van der Waals surface area contributed by atoms with Gasteiger partial charge in [0.1, 0.15) is 26.2 Å². The smallest absolute Gasteiger partial charge is 0.244 e. The minimum atomic E-state index is 0. The summed E-state index contributed by atoms with van der Waals surface area (Å²) in [5.74, 6) is 0. The number of fused-ring (bicyclic) bond motifs is 2. The molecule has 0 saturated carbocycles. The van der Waals surface area contributed by atoms with Gasteiger partial charge in [-0.05, 0) is 24.3 Å². The van der Waals surface area contributed by atoms with Crippen LogP contribution >= 0.6 is 0 Å². The normalized spacial score (nSPS) is 10.9. The third kappa shape index (κ3) is 5.11. The zero-order chi connectivity index (χ0) is 19.3. The van der Waals surface area contributed by atoms with Crippen molar-refractivity contribution in [1.29, 1.82) is 0 Å². The molecule has 2 heterocycles. The number of hydrogen-bond acceptors (Lipinski definition) is 2. The predicted octanol–water partition coefficient (Wildman–Crippen LogP) is -3.83. The van der Waals surface area contributed by atoms with Gasteiger partial charge in [-0.3, -0.25) is 0 Å². The van der Waals surface area contributed by atoms with Crippen molar-refractivity contribution in [2.45, 2.75) is 26.2 Å². The number of imidazole rings is 2. The summed E-state index contributed by atoms with van der Waals surface area (Å²) >= 11 is 0. The Morgan fingerprint density at radius 1 is 0.667 bits per heavy atom. The van der Waals surface area contributed by atoms with Crippen LogP contribution in [-0.4, -0.2) is 36.6 Å². The highest BCUT2D eigenvalue weighted by Gasteiger charge is 2.18. The van der Waals surface area contributed by atoms with Gasteiger partial charge in [0, 0.05) is 14.2 Å². The minimum absolute atomic E-state index is 0. The Morgan fingerprint density at radius 3 is 1.47 bits per heavy atom. The van der Waals surface area contributed by atoms with Crippen molar-refractivity contribution in [1.82, 2.24) is 9.13 Å². The number of hydrogen-bond donors (Lipinski definition) is 0. The summed E-state index contributed by atoms with van der Waals surface area (Å²) in [7, 11) is 3.49. The summed E-state index contributed by atoms with van der Waals surface area (Å²) in [4.78, 5) is 0. The summed E-state index contributed by atoms with van der Waals surface area (Å²) in [5.41, 5.74) is 4.99. The maximum atomic E-state index is 5.27. The van der Waals surface area contributed by atoms with Crippen LogP contribution in [-0.2, 0) is 35.7 Å². The van der Waals surface area contributed by atoms with Crippen molar-refractivity contribution < 1.29 is 52.6 Å². The highest BCUT2D eigenvalue weighted by atomic mass is 79.9. The Kier molecular flexibility index (Phi) is 9.48. The number of halogens is 2. The molecule has 0 aliphatic heterocycles. The number of methoxy groups -OCH3 is 2. The van der Waals surface area contributed by atoms with Crippen molar-refractivity contribution in [3.8, 4) is 0 Å². The molecule has 8 heteroatoms. The van der Waals surface area contributed by atoms with Gasteiger partial charge < -0.3 is 43.4 Å². The molecule has 0 radical (unpaired) electrons. The molecule has 0 saturated heterocycles. The lowest BCUT2D eigenvalue weighted by Gasteiger charge is -1.97. The predicted molar refractivity (Wildman–Crippen MR) is 108 cm³/mol. The number of ether oxygens (including phenoxy) is 2. The van der Waals surface area contributed by atoms with E-state index in [1.54, 1.807) is 14.2 Å². The fraction of sp³-hybridized carbons (Fsp3) is 0.364. The van der Waals surface area contributed by atoms with Crippen LogP contribution in [0.25, 0.3) is 22.1 Å². The lowest BCUT2D eigenvalue weighted by Crippen LogP contribution is -3.00. The van der Waals surface area contributed by atoms with Gasteiger partial charge in [-0.2, -0.15) is 0 Å². The summed E-state index contributed by atoms with van der Waals surface area (Å²) in [6, 6.07) is 17.1. The first-order valence-corrected chi connectivity index (χ1v) is 9.74. The average molecular weight is 540 g/mol. The zero-order valence-electron chi connectivity index (χ0n) is 17.4. The lowest BCUT2D eigenvalue weighted by atomic mass is 10.3. The van der Waals surface area contributed by atoms with Crippen LogP contribution in [0.4, 0.5) is 0 Å². The van der Waals surface area contributed by atoms with Crippen LogP contribution in [0, 0.1) is 0 Å². The number of rotatable bonds is 9. The monoisotopic (exact) mass is 538 g/mol. The molecule has 6 nitrogen and oxygen atoms in total. The third-order valence-corrected chi connectivity index (χ3v) is 5.21. The molecule has 0 unspecified atom stereocenters. The third-order valence-electron chi connectivity index (χ3n) is 5.21. The van der Waals surface area contributed by atoms with Gasteiger partial charge in [0.05, 0.1) is 13.2 Å². The van der Waals surface area contributed by atoms with E-state index in [1.807, 2.05) is 0 Å². The maximum absolute atomic E-state index is 5.27. The second kappa shape index (κ2) is 11.6. The molecule has 0 spiro atoms. The van der Waals surface area contributed by atoms with E-state index in [9.17, 15) is 0 Å². The molecule has 2 aromatic carbocycles. The number of para-hydroxylation sites is 4. The van der Waals surface area contributed by atoms with Crippen molar-refractivity contribution in [3.63, 3.8) is 0 Å². The maximum Gasteiger partial charge on any atom is 0.244 e. The van der Waals surface area contributed by atoms with Gasteiger partial charge in [-0.15, -0.1) is 0 Å². The second-order valence-electron chi connectivity index (χ2n) is 6.97. The van der Waals surface area contributed by atoms with Crippen LogP contribution in [0.3, 0.4) is 0 Å². The zero-order valence-corrected chi connectivity index (χ0v) is 20.5. The first kappa shape index (κ1) is 24.5. The Morgan fingerprint density at radius 2 is 1.07 bits per heavy atom. The van der Waals surface area contributed by atoms with Gasteiger partial charge in [0.25, 0.3) is 0 Å². The minimum Gasteiger partial charge on any atom is -1.00 e. The summed E-state index contributed by atoms with van der Waals surface area (Å²) in [6.45, 7) is 4.94. The van der Waals surface area contributed by atoms with E-state index >= 15 is 0 Å². The average Bonchev–Trinajstić information content (AvgIpc) is 3.27. The summed E-state index contributed by atoms with van der Waals surface area (Å²) in [5, 5.41) is 0. The molecule has 0 N–H and O–H groups in total.